The monoisotopic (exact) mass is 566 g/mol. The Morgan fingerprint density at radius 2 is 1.55 bits per heavy atom. The summed E-state index contributed by atoms with van der Waals surface area (Å²) in [4.78, 5) is 25.4. The number of halogens is 9. The summed E-state index contributed by atoms with van der Waals surface area (Å²) < 4.78 is 125. The van der Waals surface area contributed by atoms with Gasteiger partial charge in [0.2, 0.25) is 0 Å². The molecule has 1 aromatic carbocycles. The molecular weight excluding hydrogens is 543 g/mol. The highest BCUT2D eigenvalue weighted by atomic mass is 19.4. The van der Waals surface area contributed by atoms with Crippen LogP contribution in [-0.2, 0) is 22.3 Å². The van der Waals surface area contributed by atoms with Crippen LogP contribution in [-0.4, -0.2) is 77.7 Å². The van der Waals surface area contributed by atoms with E-state index < -0.39 is 54.3 Å². The molecule has 214 valence electrons. The summed E-state index contributed by atoms with van der Waals surface area (Å²) in [7, 11) is 0. The van der Waals surface area contributed by atoms with Gasteiger partial charge in [-0.1, -0.05) is 6.07 Å². The molecule has 0 aromatic heterocycles. The third-order valence-corrected chi connectivity index (χ3v) is 6.26. The fourth-order valence-corrected chi connectivity index (χ4v) is 4.25. The molecule has 0 unspecified atom stereocenters. The number of hydrogen-bond donors (Lipinski definition) is 1. The molecule has 1 heterocycles. The van der Waals surface area contributed by atoms with Crippen molar-refractivity contribution in [3.63, 3.8) is 0 Å². The van der Waals surface area contributed by atoms with E-state index >= 15 is 0 Å². The maximum absolute atomic E-state index is 13.3. The number of rotatable bonds is 6. The minimum Gasteiger partial charge on any atom is -0.490 e. The van der Waals surface area contributed by atoms with Gasteiger partial charge in [-0.3, -0.25) is 9.69 Å². The summed E-state index contributed by atoms with van der Waals surface area (Å²) >= 11 is 0. The lowest BCUT2D eigenvalue weighted by atomic mass is 10.1. The Balaban J connectivity index is 1.65. The quantitative estimate of drug-likeness (QED) is 0.484. The van der Waals surface area contributed by atoms with E-state index in [1.165, 1.54) is 6.07 Å². The molecule has 0 bridgehead atoms. The van der Waals surface area contributed by atoms with Gasteiger partial charge in [0.1, 0.15) is 5.75 Å². The summed E-state index contributed by atoms with van der Waals surface area (Å²) in [6.07, 6.45) is -22.3. The van der Waals surface area contributed by atoms with E-state index in [0.29, 0.717) is 23.3 Å². The normalized spacial score (nSPS) is 21.6. The van der Waals surface area contributed by atoms with E-state index in [1.54, 1.807) is 4.90 Å². The Morgan fingerprint density at radius 3 is 2.05 bits per heavy atom. The lowest BCUT2D eigenvalue weighted by Crippen LogP contribution is -2.52. The number of carbonyl (C=O) groups is 2. The van der Waals surface area contributed by atoms with Crippen LogP contribution in [0.1, 0.15) is 30.4 Å². The minimum atomic E-state index is -5.85. The Labute approximate surface area is 210 Å². The Morgan fingerprint density at radius 1 is 0.947 bits per heavy atom. The highest BCUT2D eigenvalue weighted by Crippen LogP contribution is 2.38. The molecule has 2 atom stereocenters. The van der Waals surface area contributed by atoms with Crippen LogP contribution < -0.4 is 4.74 Å². The van der Waals surface area contributed by atoms with Gasteiger partial charge in [0.15, 0.2) is 0 Å². The zero-order valence-electron chi connectivity index (χ0n) is 19.5. The van der Waals surface area contributed by atoms with Crippen molar-refractivity contribution in [2.24, 2.45) is 5.92 Å². The van der Waals surface area contributed by atoms with Crippen molar-refractivity contribution in [1.29, 1.82) is 0 Å². The molecule has 1 aliphatic carbocycles. The molecule has 1 amide bonds. The average Bonchev–Trinajstić information content (AvgIpc) is 3.25. The van der Waals surface area contributed by atoms with E-state index in [2.05, 4.69) is 4.74 Å². The van der Waals surface area contributed by atoms with E-state index in [1.807, 2.05) is 0 Å². The zero-order chi connectivity index (χ0) is 28.5. The SMILES string of the molecule is O=C(O)[C@H]1CC[C@@H](Oc2cc(C(F)(F)F)ccc2CN2CCN(C(=O)OC(C(F)(F)F)C(F)(F)F)CC2)C1. The lowest BCUT2D eigenvalue weighted by Gasteiger charge is -2.35. The van der Waals surface area contributed by atoms with Gasteiger partial charge in [-0.15, -0.1) is 0 Å². The van der Waals surface area contributed by atoms with E-state index in [4.69, 9.17) is 9.84 Å². The number of aliphatic carboxylic acids is 1. The number of carboxylic acid groups (broad SMARTS) is 1. The summed E-state index contributed by atoms with van der Waals surface area (Å²) in [6, 6.07) is 2.81. The molecule has 1 aromatic rings. The summed E-state index contributed by atoms with van der Waals surface area (Å²) in [5.74, 6) is -1.83. The van der Waals surface area contributed by atoms with Crippen molar-refractivity contribution >= 4 is 12.1 Å². The van der Waals surface area contributed by atoms with E-state index in [9.17, 15) is 49.1 Å². The van der Waals surface area contributed by atoms with Crippen molar-refractivity contribution in [2.45, 2.75) is 56.5 Å². The van der Waals surface area contributed by atoms with Gasteiger partial charge in [0.25, 0.3) is 6.10 Å². The number of nitrogens with zero attached hydrogens (tertiary/aromatic N) is 2. The first kappa shape index (κ1) is 29.6. The fourth-order valence-electron chi connectivity index (χ4n) is 4.25. The largest absolute Gasteiger partial charge is 0.490 e. The topological polar surface area (TPSA) is 79.3 Å². The summed E-state index contributed by atoms with van der Waals surface area (Å²) in [6.45, 7) is -0.632. The van der Waals surface area contributed by atoms with Crippen LogP contribution in [0, 0.1) is 5.92 Å². The lowest BCUT2D eigenvalue weighted by molar-refractivity contribution is -0.308. The van der Waals surface area contributed by atoms with E-state index in [-0.39, 0.29) is 44.9 Å². The first-order chi connectivity index (χ1) is 17.4. The third-order valence-electron chi connectivity index (χ3n) is 6.26. The molecule has 0 radical (unpaired) electrons. The molecule has 3 rings (SSSR count). The number of carboxylic acids is 1. The van der Waals surface area contributed by atoms with Gasteiger partial charge in [-0.05, 0) is 31.4 Å². The Hall–Kier alpha value is -2.91. The van der Waals surface area contributed by atoms with Gasteiger partial charge in [-0.2, -0.15) is 39.5 Å². The van der Waals surface area contributed by atoms with Crippen LogP contribution in [0.25, 0.3) is 0 Å². The average molecular weight is 566 g/mol. The second-order valence-electron chi connectivity index (χ2n) is 9.02. The summed E-state index contributed by atoms with van der Waals surface area (Å²) in [5.41, 5.74) is -0.678. The molecule has 1 N–H and O–H groups in total. The maximum atomic E-state index is 13.3. The number of hydrogen-bond acceptors (Lipinski definition) is 5. The van der Waals surface area contributed by atoms with Gasteiger partial charge in [0.05, 0.1) is 17.6 Å². The number of benzene rings is 1. The summed E-state index contributed by atoms with van der Waals surface area (Å²) in [5, 5.41) is 9.15. The second-order valence-corrected chi connectivity index (χ2v) is 9.02. The van der Waals surface area contributed by atoms with Crippen LogP contribution >= 0.6 is 0 Å². The van der Waals surface area contributed by atoms with Crippen molar-refractivity contribution in [3.8, 4) is 5.75 Å². The van der Waals surface area contributed by atoms with Crippen LogP contribution in [0.5, 0.6) is 5.75 Å². The number of amides is 1. The number of carbonyl (C=O) groups excluding carboxylic acids is 1. The van der Waals surface area contributed by atoms with Crippen molar-refractivity contribution in [2.75, 3.05) is 26.2 Å². The zero-order valence-corrected chi connectivity index (χ0v) is 19.5. The van der Waals surface area contributed by atoms with Crippen LogP contribution in [0.3, 0.4) is 0 Å². The highest BCUT2D eigenvalue weighted by molar-refractivity contribution is 5.70. The smallest absolute Gasteiger partial charge is 0.434 e. The maximum Gasteiger partial charge on any atom is 0.434 e. The molecule has 1 saturated heterocycles. The number of piperazine rings is 1. The predicted molar refractivity (Wildman–Crippen MR) is 110 cm³/mol. The first-order valence-corrected chi connectivity index (χ1v) is 11.4. The number of ether oxygens (including phenoxy) is 2. The third kappa shape index (κ3) is 7.57. The van der Waals surface area contributed by atoms with Gasteiger partial charge in [-0.25, -0.2) is 4.79 Å². The van der Waals surface area contributed by atoms with Crippen molar-refractivity contribution in [3.05, 3.63) is 29.3 Å². The standard InChI is InChI=1S/C22H23F9N2O5/c23-20(24,25)14-3-1-13(16(10-14)37-15-4-2-12(9-15)17(34)35)11-32-5-7-33(8-6-32)19(36)38-18(21(26,27)28)22(29,30)31/h1,3,10,12,15,18H,2,4-9,11H2,(H,34,35)/t12-,15+/m0/s1. The molecular formula is C22H23F9N2O5. The van der Waals surface area contributed by atoms with Crippen molar-refractivity contribution in [1.82, 2.24) is 9.80 Å². The second kappa shape index (κ2) is 11.1. The molecule has 38 heavy (non-hydrogen) atoms. The van der Waals surface area contributed by atoms with Gasteiger partial charge >= 0.3 is 30.6 Å². The molecule has 1 aliphatic heterocycles. The first-order valence-electron chi connectivity index (χ1n) is 11.4. The Kier molecular flexibility index (Phi) is 8.63. The van der Waals surface area contributed by atoms with Crippen LogP contribution in [0.4, 0.5) is 44.3 Å². The molecule has 2 aliphatic rings. The molecule has 16 heteroatoms. The Bertz CT molecular complexity index is 990. The highest BCUT2D eigenvalue weighted by Gasteiger charge is 2.60. The van der Waals surface area contributed by atoms with E-state index in [0.717, 1.165) is 12.1 Å². The van der Waals surface area contributed by atoms with Crippen LogP contribution in [0.2, 0.25) is 0 Å². The molecule has 2 fully saturated rings. The molecule has 0 spiro atoms. The number of alkyl halides is 9. The van der Waals surface area contributed by atoms with Crippen molar-refractivity contribution < 1.29 is 63.7 Å². The van der Waals surface area contributed by atoms with Crippen LogP contribution in [0.15, 0.2) is 18.2 Å². The van der Waals surface area contributed by atoms with Gasteiger partial charge in [0, 0.05) is 38.3 Å². The van der Waals surface area contributed by atoms with Gasteiger partial charge < -0.3 is 19.5 Å². The minimum absolute atomic E-state index is 0.000829. The predicted octanol–water partition coefficient (Wildman–Crippen LogP) is 5.08. The molecule has 1 saturated carbocycles. The molecule has 7 nitrogen and oxygen atoms in total. The fraction of sp³-hybridized carbons (Fsp3) is 0.636.